The van der Waals surface area contributed by atoms with E-state index in [4.69, 9.17) is 4.74 Å². The number of aliphatic hydroxyl groups is 1. The SMILES string of the molecule is CCOC(=O)c1ccc(-[n+]2[nH]oc(=O)c2C(C)O)cc1. The van der Waals surface area contributed by atoms with Crippen molar-refractivity contribution in [2.45, 2.75) is 20.0 Å². The first-order chi connectivity index (χ1) is 9.54. The maximum absolute atomic E-state index is 11.5. The van der Waals surface area contributed by atoms with Gasteiger partial charge in [-0.2, -0.15) is 0 Å². The van der Waals surface area contributed by atoms with Crippen molar-refractivity contribution in [2.75, 3.05) is 6.61 Å². The average Bonchev–Trinajstić information content (AvgIpc) is 2.81. The summed E-state index contributed by atoms with van der Waals surface area (Å²) in [6.45, 7) is 3.49. The van der Waals surface area contributed by atoms with Crippen molar-refractivity contribution in [2.24, 2.45) is 0 Å². The molecule has 1 atom stereocenters. The molecule has 0 saturated heterocycles. The van der Waals surface area contributed by atoms with E-state index < -0.39 is 17.7 Å². The minimum absolute atomic E-state index is 0.0777. The number of hydrogen-bond acceptors (Lipinski definition) is 5. The number of nitrogens with zero attached hydrogens (tertiary/aromatic N) is 1. The summed E-state index contributed by atoms with van der Waals surface area (Å²) in [4.78, 5) is 23.0. The minimum Gasteiger partial charge on any atom is -0.462 e. The van der Waals surface area contributed by atoms with Crippen LogP contribution in [0, 0.1) is 0 Å². The average molecular weight is 279 g/mol. The number of carbonyl (C=O) groups excluding carboxylic acids is 1. The monoisotopic (exact) mass is 279 g/mol. The van der Waals surface area contributed by atoms with Crippen LogP contribution in [0.2, 0.25) is 0 Å². The fraction of sp³-hybridized carbons (Fsp3) is 0.308. The van der Waals surface area contributed by atoms with Gasteiger partial charge in [0.15, 0.2) is 0 Å². The molecule has 106 valence electrons. The first kappa shape index (κ1) is 14.0. The maximum atomic E-state index is 11.5. The van der Waals surface area contributed by atoms with E-state index in [2.05, 4.69) is 9.79 Å². The molecule has 0 aliphatic carbocycles. The van der Waals surface area contributed by atoms with Gasteiger partial charge in [0.05, 0.1) is 12.2 Å². The molecule has 0 fully saturated rings. The Bertz CT molecular complexity index is 654. The maximum Gasteiger partial charge on any atom is 0.433 e. The summed E-state index contributed by atoms with van der Waals surface area (Å²) >= 11 is 0. The Kier molecular flexibility index (Phi) is 3.99. The van der Waals surface area contributed by atoms with E-state index in [9.17, 15) is 14.7 Å². The van der Waals surface area contributed by atoms with E-state index in [1.807, 2.05) is 0 Å². The predicted molar refractivity (Wildman–Crippen MR) is 67.5 cm³/mol. The number of H-pyrrole nitrogens is 1. The molecule has 2 rings (SSSR count). The molecule has 7 nitrogen and oxygen atoms in total. The minimum atomic E-state index is -0.984. The number of benzene rings is 1. The molecule has 0 aliphatic rings. The highest BCUT2D eigenvalue weighted by atomic mass is 16.5. The largest absolute Gasteiger partial charge is 0.462 e. The fourth-order valence-electron chi connectivity index (χ4n) is 1.79. The van der Waals surface area contributed by atoms with Crippen LogP contribution in [0.25, 0.3) is 5.69 Å². The molecule has 2 aromatic rings. The van der Waals surface area contributed by atoms with Gasteiger partial charge >= 0.3 is 17.3 Å². The Labute approximate surface area is 114 Å². The lowest BCUT2D eigenvalue weighted by Crippen LogP contribution is -2.39. The normalized spacial score (nSPS) is 12.2. The van der Waals surface area contributed by atoms with E-state index in [0.29, 0.717) is 17.9 Å². The highest BCUT2D eigenvalue weighted by Gasteiger charge is 2.27. The van der Waals surface area contributed by atoms with Crippen LogP contribution in [0.4, 0.5) is 0 Å². The summed E-state index contributed by atoms with van der Waals surface area (Å²) in [5.41, 5.74) is 0.392. The first-order valence-corrected chi connectivity index (χ1v) is 6.13. The summed E-state index contributed by atoms with van der Waals surface area (Å²) < 4.78 is 10.9. The summed E-state index contributed by atoms with van der Waals surface area (Å²) in [5.74, 6) is -0.416. The molecule has 0 aliphatic heterocycles. The number of rotatable bonds is 4. The molecule has 1 aromatic carbocycles. The first-order valence-electron chi connectivity index (χ1n) is 6.13. The number of carbonyl (C=O) groups is 1. The molecular weight excluding hydrogens is 264 g/mol. The van der Waals surface area contributed by atoms with Gasteiger partial charge in [-0.15, -0.1) is 0 Å². The van der Waals surface area contributed by atoms with Gasteiger partial charge in [0.1, 0.15) is 6.10 Å². The standard InChI is InChI=1S/C13H14N2O5/c1-3-19-12(17)9-4-6-10(7-5-9)15-11(8(2)16)13(18)20-14-15/h4-8,16H,3H2,1-2H3/p+1. The van der Waals surface area contributed by atoms with Gasteiger partial charge in [-0.3, -0.25) is 4.52 Å². The molecule has 0 radical (unpaired) electrons. The third kappa shape index (κ3) is 2.62. The van der Waals surface area contributed by atoms with Crippen LogP contribution in [-0.4, -0.2) is 23.0 Å². The van der Waals surface area contributed by atoms with Crippen molar-refractivity contribution in [1.82, 2.24) is 5.27 Å². The Morgan fingerprint density at radius 1 is 1.45 bits per heavy atom. The smallest absolute Gasteiger partial charge is 0.433 e. The van der Waals surface area contributed by atoms with Crippen molar-refractivity contribution in [1.29, 1.82) is 0 Å². The molecule has 20 heavy (non-hydrogen) atoms. The molecule has 0 amide bonds. The topological polar surface area (TPSA) is 96.4 Å². The molecule has 0 saturated carbocycles. The van der Waals surface area contributed by atoms with Gasteiger partial charge in [-0.1, -0.05) is 0 Å². The van der Waals surface area contributed by atoms with E-state index >= 15 is 0 Å². The van der Waals surface area contributed by atoms with Crippen LogP contribution in [-0.2, 0) is 4.74 Å². The molecule has 1 aromatic heterocycles. The number of nitrogens with one attached hydrogen (secondary N) is 1. The number of ether oxygens (including phenoxy) is 1. The summed E-state index contributed by atoms with van der Waals surface area (Å²) in [6.07, 6.45) is -0.984. The number of aromatic amines is 1. The number of aromatic nitrogens is 2. The number of esters is 1. The molecule has 1 unspecified atom stereocenters. The van der Waals surface area contributed by atoms with Crippen molar-refractivity contribution in [3.63, 3.8) is 0 Å². The van der Waals surface area contributed by atoms with Crippen LogP contribution in [0.3, 0.4) is 0 Å². The van der Waals surface area contributed by atoms with Crippen molar-refractivity contribution in [3.05, 3.63) is 45.9 Å². The van der Waals surface area contributed by atoms with E-state index in [1.54, 1.807) is 31.2 Å². The molecule has 0 bridgehead atoms. The van der Waals surface area contributed by atoms with E-state index in [1.165, 1.54) is 11.6 Å². The summed E-state index contributed by atoms with van der Waals surface area (Å²) in [5, 5.41) is 12.0. The van der Waals surface area contributed by atoms with Gasteiger partial charge in [0.2, 0.25) is 5.69 Å². The van der Waals surface area contributed by atoms with Crippen LogP contribution in [0.15, 0.2) is 33.6 Å². The van der Waals surface area contributed by atoms with Gasteiger partial charge in [0.25, 0.3) is 0 Å². The quantitative estimate of drug-likeness (QED) is 0.626. The lowest BCUT2D eigenvalue weighted by molar-refractivity contribution is -0.680. The van der Waals surface area contributed by atoms with Gasteiger partial charge < -0.3 is 9.84 Å². The number of hydrogen-bond donors (Lipinski definition) is 2. The number of aliphatic hydroxyl groups excluding tert-OH is 1. The summed E-state index contributed by atoms with van der Waals surface area (Å²) in [6, 6.07) is 6.36. The fourth-order valence-corrected chi connectivity index (χ4v) is 1.79. The second-order valence-corrected chi connectivity index (χ2v) is 4.14. The lowest BCUT2D eigenvalue weighted by atomic mass is 10.2. The van der Waals surface area contributed by atoms with Crippen LogP contribution in [0.5, 0.6) is 0 Å². The Morgan fingerprint density at radius 3 is 2.65 bits per heavy atom. The zero-order valence-corrected chi connectivity index (χ0v) is 11.1. The van der Waals surface area contributed by atoms with Crippen molar-refractivity contribution in [3.8, 4) is 5.69 Å². The lowest BCUT2D eigenvalue weighted by Gasteiger charge is -2.01. The Balaban J connectivity index is 2.36. The Hall–Kier alpha value is -2.41. The summed E-state index contributed by atoms with van der Waals surface area (Å²) in [7, 11) is 0. The molecule has 2 N–H and O–H groups in total. The van der Waals surface area contributed by atoms with Gasteiger partial charge in [-0.25, -0.2) is 9.59 Å². The van der Waals surface area contributed by atoms with E-state index in [-0.39, 0.29) is 5.69 Å². The predicted octanol–water partition coefficient (Wildman–Crippen LogP) is 0.475. The third-order valence-corrected chi connectivity index (χ3v) is 2.71. The van der Waals surface area contributed by atoms with Gasteiger partial charge in [-0.05, 0) is 35.9 Å². The third-order valence-electron chi connectivity index (χ3n) is 2.71. The molecule has 7 heteroatoms. The van der Waals surface area contributed by atoms with Crippen molar-refractivity contribution < 1.29 is 23.8 Å². The zero-order valence-electron chi connectivity index (χ0n) is 11.1. The van der Waals surface area contributed by atoms with E-state index in [0.717, 1.165) is 0 Å². The van der Waals surface area contributed by atoms with Crippen LogP contribution in [0.1, 0.15) is 36.0 Å². The van der Waals surface area contributed by atoms with Crippen LogP contribution >= 0.6 is 0 Å². The van der Waals surface area contributed by atoms with Crippen LogP contribution < -0.4 is 10.3 Å². The van der Waals surface area contributed by atoms with Crippen molar-refractivity contribution >= 4 is 5.97 Å². The Morgan fingerprint density at radius 2 is 2.10 bits per heavy atom. The van der Waals surface area contributed by atoms with Gasteiger partial charge in [0, 0.05) is 12.1 Å². The molecule has 1 heterocycles. The highest BCUT2D eigenvalue weighted by molar-refractivity contribution is 5.89. The highest BCUT2D eigenvalue weighted by Crippen LogP contribution is 2.08. The zero-order chi connectivity index (χ0) is 14.7. The molecular formula is C13H15N2O5+. The second-order valence-electron chi connectivity index (χ2n) is 4.14. The molecule has 0 spiro atoms. The second kappa shape index (κ2) is 5.70.